The van der Waals surface area contributed by atoms with Gasteiger partial charge in [0.15, 0.2) is 0 Å². The van der Waals surface area contributed by atoms with Gasteiger partial charge in [-0.1, -0.05) is 35.3 Å². The number of likely N-dealkylation sites (tertiary alicyclic amines) is 1. The van der Waals surface area contributed by atoms with Crippen LogP contribution < -0.4 is 4.74 Å². The molecule has 0 N–H and O–H groups in total. The van der Waals surface area contributed by atoms with Crippen molar-refractivity contribution in [2.75, 3.05) is 26.2 Å². The highest BCUT2D eigenvalue weighted by Gasteiger charge is 2.17. The highest BCUT2D eigenvalue weighted by Crippen LogP contribution is 2.20. The molecule has 1 heterocycles. The molecular formula is C15H22BrNO. The summed E-state index contributed by atoms with van der Waals surface area (Å²) >= 11 is 3.45. The fourth-order valence-electron chi connectivity index (χ4n) is 2.47. The first-order valence-corrected chi connectivity index (χ1v) is 7.68. The summed E-state index contributed by atoms with van der Waals surface area (Å²) in [4.78, 5) is 2.52. The molecule has 2 rings (SSSR count). The minimum Gasteiger partial charge on any atom is -0.492 e. The second-order valence-corrected chi connectivity index (χ2v) is 5.91. The summed E-state index contributed by atoms with van der Waals surface area (Å²) in [6.45, 7) is 6.60. The molecule has 0 atom stereocenters. The van der Waals surface area contributed by atoms with Gasteiger partial charge in [-0.05, 0) is 50.0 Å². The quantitative estimate of drug-likeness (QED) is 0.816. The van der Waals surface area contributed by atoms with E-state index in [0.717, 1.165) is 29.3 Å². The van der Waals surface area contributed by atoms with Crippen molar-refractivity contribution in [1.29, 1.82) is 0 Å². The van der Waals surface area contributed by atoms with Gasteiger partial charge in [-0.2, -0.15) is 0 Å². The number of hydrogen-bond donors (Lipinski definition) is 0. The summed E-state index contributed by atoms with van der Waals surface area (Å²) in [6, 6.07) is 8.05. The first-order chi connectivity index (χ1) is 8.78. The summed E-state index contributed by atoms with van der Waals surface area (Å²) < 4.78 is 6.84. The fraction of sp³-hybridized carbons (Fsp3) is 0.600. The van der Waals surface area contributed by atoms with Crippen LogP contribution in [0.5, 0.6) is 5.75 Å². The molecule has 1 aliphatic heterocycles. The third-order valence-electron chi connectivity index (χ3n) is 3.76. The van der Waals surface area contributed by atoms with Crippen molar-refractivity contribution in [3.63, 3.8) is 0 Å². The van der Waals surface area contributed by atoms with Gasteiger partial charge in [0.2, 0.25) is 0 Å². The largest absolute Gasteiger partial charge is 0.492 e. The van der Waals surface area contributed by atoms with Gasteiger partial charge in [0.25, 0.3) is 0 Å². The molecule has 0 saturated carbocycles. The molecule has 0 aromatic heterocycles. The SMILES string of the molecule is CCC1CCN(CCOc2cccc(Br)c2)CC1. The lowest BCUT2D eigenvalue weighted by molar-refractivity contribution is 0.153. The van der Waals surface area contributed by atoms with Crippen LogP contribution in [-0.4, -0.2) is 31.1 Å². The molecule has 0 aliphatic carbocycles. The maximum absolute atomic E-state index is 5.77. The minimum absolute atomic E-state index is 0.785. The van der Waals surface area contributed by atoms with E-state index < -0.39 is 0 Å². The smallest absolute Gasteiger partial charge is 0.120 e. The lowest BCUT2D eigenvalue weighted by atomic mass is 9.94. The van der Waals surface area contributed by atoms with Crippen LogP contribution in [0.15, 0.2) is 28.7 Å². The summed E-state index contributed by atoms with van der Waals surface area (Å²) in [5.41, 5.74) is 0. The highest BCUT2D eigenvalue weighted by atomic mass is 79.9. The highest BCUT2D eigenvalue weighted by molar-refractivity contribution is 9.10. The predicted molar refractivity (Wildman–Crippen MR) is 79.1 cm³/mol. The zero-order valence-electron chi connectivity index (χ0n) is 11.1. The number of ether oxygens (including phenoxy) is 1. The molecule has 1 saturated heterocycles. The Morgan fingerprint density at radius 1 is 1.33 bits per heavy atom. The van der Waals surface area contributed by atoms with Crippen LogP contribution in [0.25, 0.3) is 0 Å². The van der Waals surface area contributed by atoms with Gasteiger partial charge >= 0.3 is 0 Å². The predicted octanol–water partition coefficient (Wildman–Crippen LogP) is 3.95. The maximum atomic E-state index is 5.77. The van der Waals surface area contributed by atoms with E-state index in [4.69, 9.17) is 4.74 Å². The number of hydrogen-bond acceptors (Lipinski definition) is 2. The van der Waals surface area contributed by atoms with Crippen molar-refractivity contribution < 1.29 is 4.74 Å². The normalized spacial score (nSPS) is 17.9. The zero-order chi connectivity index (χ0) is 12.8. The Morgan fingerprint density at radius 3 is 2.78 bits per heavy atom. The second kappa shape index (κ2) is 7.15. The Labute approximate surface area is 118 Å². The van der Waals surface area contributed by atoms with E-state index in [0.29, 0.717) is 0 Å². The molecule has 0 spiro atoms. The summed E-state index contributed by atoms with van der Waals surface area (Å²) in [5, 5.41) is 0. The van der Waals surface area contributed by atoms with Crippen LogP contribution in [0.2, 0.25) is 0 Å². The van der Waals surface area contributed by atoms with Crippen molar-refractivity contribution in [2.24, 2.45) is 5.92 Å². The van der Waals surface area contributed by atoms with E-state index in [1.54, 1.807) is 0 Å². The molecule has 18 heavy (non-hydrogen) atoms. The average molecular weight is 312 g/mol. The molecule has 0 bridgehead atoms. The molecule has 0 radical (unpaired) electrons. The van der Waals surface area contributed by atoms with Crippen LogP contribution >= 0.6 is 15.9 Å². The molecular weight excluding hydrogens is 290 g/mol. The van der Waals surface area contributed by atoms with Crippen molar-refractivity contribution >= 4 is 15.9 Å². The van der Waals surface area contributed by atoms with Crippen LogP contribution in [0.1, 0.15) is 26.2 Å². The van der Waals surface area contributed by atoms with E-state index in [2.05, 4.69) is 27.8 Å². The first kappa shape index (κ1) is 13.9. The maximum Gasteiger partial charge on any atom is 0.120 e. The van der Waals surface area contributed by atoms with Gasteiger partial charge in [0, 0.05) is 11.0 Å². The van der Waals surface area contributed by atoms with Gasteiger partial charge in [-0.25, -0.2) is 0 Å². The second-order valence-electron chi connectivity index (χ2n) is 5.00. The van der Waals surface area contributed by atoms with Gasteiger partial charge < -0.3 is 4.74 Å². The van der Waals surface area contributed by atoms with E-state index in [9.17, 15) is 0 Å². The molecule has 0 amide bonds. The Kier molecular flexibility index (Phi) is 5.51. The van der Waals surface area contributed by atoms with E-state index >= 15 is 0 Å². The molecule has 1 aromatic rings. The standard InChI is InChI=1S/C15H22BrNO/c1-2-13-6-8-17(9-7-13)10-11-18-15-5-3-4-14(16)12-15/h3-5,12-13H,2,6-11H2,1H3. The van der Waals surface area contributed by atoms with Crippen LogP contribution in [-0.2, 0) is 0 Å². The Morgan fingerprint density at radius 2 is 2.11 bits per heavy atom. The third kappa shape index (κ3) is 4.29. The first-order valence-electron chi connectivity index (χ1n) is 6.88. The number of benzene rings is 1. The molecule has 0 unspecified atom stereocenters. The summed E-state index contributed by atoms with van der Waals surface area (Å²) in [5.74, 6) is 1.90. The summed E-state index contributed by atoms with van der Waals surface area (Å²) in [7, 11) is 0. The summed E-state index contributed by atoms with van der Waals surface area (Å²) in [6.07, 6.45) is 4.04. The van der Waals surface area contributed by atoms with E-state index in [-0.39, 0.29) is 0 Å². The van der Waals surface area contributed by atoms with Crippen LogP contribution in [0, 0.1) is 5.92 Å². The van der Waals surface area contributed by atoms with Gasteiger partial charge in [0.1, 0.15) is 12.4 Å². The van der Waals surface area contributed by atoms with Crippen molar-refractivity contribution in [2.45, 2.75) is 26.2 Å². The Balaban J connectivity index is 1.67. The average Bonchev–Trinajstić information content (AvgIpc) is 2.40. The Hall–Kier alpha value is -0.540. The number of halogens is 1. The van der Waals surface area contributed by atoms with Gasteiger partial charge in [0.05, 0.1) is 0 Å². The van der Waals surface area contributed by atoms with Crippen LogP contribution in [0.4, 0.5) is 0 Å². The molecule has 3 heteroatoms. The third-order valence-corrected chi connectivity index (χ3v) is 4.25. The monoisotopic (exact) mass is 311 g/mol. The van der Waals surface area contributed by atoms with Crippen molar-refractivity contribution in [3.8, 4) is 5.75 Å². The van der Waals surface area contributed by atoms with Crippen molar-refractivity contribution in [1.82, 2.24) is 4.90 Å². The molecule has 100 valence electrons. The van der Waals surface area contributed by atoms with E-state index in [1.807, 2.05) is 24.3 Å². The zero-order valence-corrected chi connectivity index (χ0v) is 12.7. The van der Waals surface area contributed by atoms with Crippen LogP contribution in [0.3, 0.4) is 0 Å². The van der Waals surface area contributed by atoms with Gasteiger partial charge in [-0.15, -0.1) is 0 Å². The van der Waals surface area contributed by atoms with Gasteiger partial charge in [-0.3, -0.25) is 4.90 Å². The number of piperidine rings is 1. The van der Waals surface area contributed by atoms with E-state index in [1.165, 1.54) is 32.4 Å². The van der Waals surface area contributed by atoms with Crippen molar-refractivity contribution in [3.05, 3.63) is 28.7 Å². The minimum atomic E-state index is 0.785. The molecule has 1 fully saturated rings. The number of nitrogens with zero attached hydrogens (tertiary/aromatic N) is 1. The lowest BCUT2D eigenvalue weighted by Crippen LogP contribution is -2.36. The molecule has 1 aliphatic rings. The molecule has 2 nitrogen and oxygen atoms in total. The topological polar surface area (TPSA) is 12.5 Å². The fourth-order valence-corrected chi connectivity index (χ4v) is 2.85. The lowest BCUT2D eigenvalue weighted by Gasteiger charge is -2.31. The number of rotatable bonds is 5. The molecule has 1 aromatic carbocycles. The Bertz CT molecular complexity index is 361.